The van der Waals surface area contributed by atoms with Gasteiger partial charge in [0, 0.05) is 23.6 Å². The fraction of sp³-hybridized carbons (Fsp3) is 0.348. The molecule has 0 atom stereocenters. The van der Waals surface area contributed by atoms with Crippen molar-refractivity contribution in [1.29, 1.82) is 5.26 Å². The Morgan fingerprint density at radius 1 is 1.21 bits per heavy atom. The van der Waals surface area contributed by atoms with Crippen LogP contribution in [0.3, 0.4) is 0 Å². The van der Waals surface area contributed by atoms with Crippen molar-refractivity contribution >= 4 is 23.6 Å². The molecule has 1 aromatic carbocycles. The lowest BCUT2D eigenvalue weighted by Crippen LogP contribution is -2.21. The van der Waals surface area contributed by atoms with Crippen LogP contribution in [0.1, 0.15) is 36.4 Å². The van der Waals surface area contributed by atoms with Crippen molar-refractivity contribution in [2.24, 2.45) is 5.92 Å². The highest BCUT2D eigenvalue weighted by atomic mass is 16.5. The van der Waals surface area contributed by atoms with Crippen LogP contribution in [0.25, 0.3) is 6.08 Å². The Balaban J connectivity index is 2.04. The van der Waals surface area contributed by atoms with Gasteiger partial charge in [-0.25, -0.2) is 4.79 Å². The normalized spacial score (nSPS) is 11.3. The van der Waals surface area contributed by atoms with E-state index < -0.39 is 18.5 Å². The Kier molecular flexibility index (Phi) is 7.38. The minimum Gasteiger partial charge on any atom is -0.451 e. The molecule has 6 heteroatoms. The minimum atomic E-state index is -0.819. The average Bonchev–Trinajstić information content (AvgIpc) is 2.93. The molecule has 1 N–H and O–H groups in total. The Labute approximate surface area is 171 Å². The van der Waals surface area contributed by atoms with Crippen molar-refractivity contribution in [1.82, 2.24) is 4.57 Å². The molecule has 0 aliphatic carbocycles. The lowest BCUT2D eigenvalue weighted by atomic mass is 10.1. The third kappa shape index (κ3) is 6.08. The number of nitrogens with one attached hydrogen (secondary N) is 1. The highest BCUT2D eigenvalue weighted by molar-refractivity contribution is 6.00. The fourth-order valence-electron chi connectivity index (χ4n) is 2.96. The number of ether oxygens (including phenoxy) is 1. The number of carbonyl (C=O) groups is 2. The molecule has 0 aliphatic rings. The van der Waals surface area contributed by atoms with Gasteiger partial charge in [-0.3, -0.25) is 4.79 Å². The molecule has 0 unspecified atom stereocenters. The molecule has 29 heavy (non-hydrogen) atoms. The van der Waals surface area contributed by atoms with E-state index >= 15 is 0 Å². The van der Waals surface area contributed by atoms with E-state index in [4.69, 9.17) is 4.74 Å². The summed E-state index contributed by atoms with van der Waals surface area (Å²) in [6.07, 6.45) is 1.51. The lowest BCUT2D eigenvalue weighted by Gasteiger charge is -2.12. The smallest absolute Gasteiger partial charge is 0.349 e. The van der Waals surface area contributed by atoms with Gasteiger partial charge in [0.25, 0.3) is 5.91 Å². The summed E-state index contributed by atoms with van der Waals surface area (Å²) in [4.78, 5) is 24.2. The molecule has 1 aromatic heterocycles. The fourth-order valence-corrected chi connectivity index (χ4v) is 2.96. The molecule has 1 heterocycles. The van der Waals surface area contributed by atoms with Gasteiger partial charge in [-0.15, -0.1) is 0 Å². The number of aryl methyl sites for hydroxylation is 2. The topological polar surface area (TPSA) is 84.1 Å². The zero-order chi connectivity index (χ0) is 21.6. The number of hydrogen-bond acceptors (Lipinski definition) is 4. The van der Waals surface area contributed by atoms with Crippen LogP contribution in [-0.4, -0.2) is 23.1 Å². The number of anilines is 1. The molecule has 2 aromatic rings. The largest absolute Gasteiger partial charge is 0.451 e. The first kappa shape index (κ1) is 22.0. The first-order chi connectivity index (χ1) is 13.7. The molecular weight excluding hydrogens is 366 g/mol. The molecule has 0 fully saturated rings. The van der Waals surface area contributed by atoms with Gasteiger partial charge in [0.15, 0.2) is 6.61 Å². The molecule has 152 valence electrons. The maximum absolute atomic E-state index is 12.3. The standard InChI is InChI=1S/C23H27N3O3/c1-15(2)13-26-17(4)10-19(18(26)5)11-20(12-24)23(28)29-14-22(27)25-21-8-6-16(3)7-9-21/h6-11,15H,13-14H2,1-5H3,(H,25,27). The highest BCUT2D eigenvalue weighted by Crippen LogP contribution is 2.20. The Morgan fingerprint density at radius 3 is 2.45 bits per heavy atom. The van der Waals surface area contributed by atoms with E-state index in [1.165, 1.54) is 6.08 Å². The number of nitrogens with zero attached hydrogens (tertiary/aromatic N) is 2. The van der Waals surface area contributed by atoms with E-state index in [1.807, 2.05) is 45.0 Å². The first-order valence-corrected chi connectivity index (χ1v) is 9.53. The number of amides is 1. The van der Waals surface area contributed by atoms with Crippen molar-refractivity contribution in [3.05, 3.63) is 58.4 Å². The van der Waals surface area contributed by atoms with E-state index in [1.54, 1.807) is 12.1 Å². The maximum Gasteiger partial charge on any atom is 0.349 e. The van der Waals surface area contributed by atoms with Crippen LogP contribution in [0.5, 0.6) is 0 Å². The number of benzene rings is 1. The quantitative estimate of drug-likeness (QED) is 0.435. The first-order valence-electron chi connectivity index (χ1n) is 9.53. The van der Waals surface area contributed by atoms with Gasteiger partial charge in [0.2, 0.25) is 0 Å². The second kappa shape index (κ2) is 9.74. The zero-order valence-electron chi connectivity index (χ0n) is 17.6. The number of hydrogen-bond donors (Lipinski definition) is 1. The summed E-state index contributed by atoms with van der Waals surface area (Å²) < 4.78 is 7.18. The van der Waals surface area contributed by atoms with Crippen molar-refractivity contribution in [3.63, 3.8) is 0 Å². The van der Waals surface area contributed by atoms with E-state index in [-0.39, 0.29) is 5.57 Å². The predicted octanol–water partition coefficient (Wildman–Crippen LogP) is 4.16. The minimum absolute atomic E-state index is 0.141. The molecule has 0 spiro atoms. The maximum atomic E-state index is 12.3. The molecule has 0 saturated heterocycles. The second-order valence-corrected chi connectivity index (χ2v) is 7.49. The molecule has 0 saturated carbocycles. The van der Waals surface area contributed by atoms with Gasteiger partial charge in [-0.1, -0.05) is 31.5 Å². The van der Waals surface area contributed by atoms with Crippen molar-refractivity contribution in [2.45, 2.75) is 41.2 Å². The van der Waals surface area contributed by atoms with Gasteiger partial charge >= 0.3 is 5.97 Å². The number of carbonyl (C=O) groups excluding carboxylic acids is 2. The third-order valence-electron chi connectivity index (χ3n) is 4.47. The van der Waals surface area contributed by atoms with Crippen LogP contribution in [0.2, 0.25) is 0 Å². The van der Waals surface area contributed by atoms with E-state index in [0.29, 0.717) is 11.6 Å². The zero-order valence-corrected chi connectivity index (χ0v) is 17.6. The van der Waals surface area contributed by atoms with Crippen LogP contribution in [0, 0.1) is 38.0 Å². The SMILES string of the molecule is Cc1ccc(NC(=O)COC(=O)C(C#N)=Cc2cc(C)n(CC(C)C)c2C)cc1. The van der Waals surface area contributed by atoms with Crippen LogP contribution in [-0.2, 0) is 20.9 Å². The van der Waals surface area contributed by atoms with Crippen molar-refractivity contribution in [3.8, 4) is 6.07 Å². The highest BCUT2D eigenvalue weighted by Gasteiger charge is 2.16. The molecule has 0 radical (unpaired) electrons. The van der Waals surface area contributed by atoms with Gasteiger partial charge in [0.1, 0.15) is 11.6 Å². The van der Waals surface area contributed by atoms with Crippen LogP contribution >= 0.6 is 0 Å². The van der Waals surface area contributed by atoms with Crippen LogP contribution in [0.15, 0.2) is 35.9 Å². The third-order valence-corrected chi connectivity index (χ3v) is 4.47. The monoisotopic (exact) mass is 393 g/mol. The molecule has 6 nitrogen and oxygen atoms in total. The summed E-state index contributed by atoms with van der Waals surface area (Å²) in [5, 5.41) is 12.0. The summed E-state index contributed by atoms with van der Waals surface area (Å²) >= 11 is 0. The summed E-state index contributed by atoms with van der Waals surface area (Å²) in [5.74, 6) is -0.807. The number of esters is 1. The number of rotatable bonds is 7. The van der Waals surface area contributed by atoms with Gasteiger partial charge in [-0.2, -0.15) is 5.26 Å². The van der Waals surface area contributed by atoms with Crippen molar-refractivity contribution in [2.75, 3.05) is 11.9 Å². The summed E-state index contributed by atoms with van der Waals surface area (Å²) in [7, 11) is 0. The van der Waals surface area contributed by atoms with Crippen molar-refractivity contribution < 1.29 is 14.3 Å². The van der Waals surface area contributed by atoms with Gasteiger partial charge in [0.05, 0.1) is 0 Å². The molecule has 1 amide bonds. The Morgan fingerprint density at radius 2 is 1.86 bits per heavy atom. The van der Waals surface area contributed by atoms with Crippen LogP contribution < -0.4 is 5.32 Å². The van der Waals surface area contributed by atoms with E-state index in [0.717, 1.165) is 29.1 Å². The second-order valence-electron chi connectivity index (χ2n) is 7.49. The average molecular weight is 393 g/mol. The number of aromatic nitrogens is 1. The molecular formula is C23H27N3O3. The Bertz CT molecular complexity index is 960. The lowest BCUT2D eigenvalue weighted by molar-refractivity contribution is -0.142. The summed E-state index contributed by atoms with van der Waals surface area (Å²) in [6.45, 7) is 10.6. The summed E-state index contributed by atoms with van der Waals surface area (Å²) in [5.41, 5.74) is 4.38. The van der Waals surface area contributed by atoms with E-state index in [2.05, 4.69) is 23.7 Å². The summed E-state index contributed by atoms with van der Waals surface area (Å²) in [6, 6.07) is 11.1. The van der Waals surface area contributed by atoms with Crippen LogP contribution in [0.4, 0.5) is 5.69 Å². The van der Waals surface area contributed by atoms with Gasteiger partial charge < -0.3 is 14.6 Å². The molecule has 0 aliphatic heterocycles. The van der Waals surface area contributed by atoms with E-state index in [9.17, 15) is 14.9 Å². The predicted molar refractivity (Wildman–Crippen MR) is 113 cm³/mol. The number of nitriles is 1. The van der Waals surface area contributed by atoms with Gasteiger partial charge in [-0.05, 0) is 56.5 Å². The Hall–Kier alpha value is -3.33. The molecule has 0 bridgehead atoms. The molecule has 2 rings (SSSR count).